The number of nitrogens with one attached hydrogen (secondary N) is 1. The van der Waals surface area contributed by atoms with Crippen LogP contribution in [-0.4, -0.2) is 50.7 Å². The largest absolute Gasteiger partial charge is 0.355 e. The van der Waals surface area contributed by atoms with E-state index in [0.29, 0.717) is 6.54 Å². The molecule has 1 rings (SSSR count). The minimum Gasteiger partial charge on any atom is -0.355 e. The molecule has 1 N–H and O–H groups in total. The summed E-state index contributed by atoms with van der Waals surface area (Å²) in [5.74, 6) is -0.388. The fraction of sp³-hybridized carbons (Fsp3) is 0.588. The van der Waals surface area contributed by atoms with Crippen molar-refractivity contribution in [3.8, 4) is 0 Å². The van der Waals surface area contributed by atoms with Crippen molar-refractivity contribution < 1.29 is 13.2 Å². The Kier molecular flexibility index (Phi) is 7.72. The van der Waals surface area contributed by atoms with E-state index in [1.165, 1.54) is 0 Å². The van der Waals surface area contributed by atoms with E-state index in [0.717, 1.165) is 18.7 Å². The van der Waals surface area contributed by atoms with E-state index in [1.54, 1.807) is 24.3 Å². The predicted molar refractivity (Wildman–Crippen MR) is 93.2 cm³/mol. The Labute approximate surface area is 140 Å². The summed E-state index contributed by atoms with van der Waals surface area (Å²) in [6.45, 7) is 10.5. The average Bonchev–Trinajstić information content (AvgIpc) is 2.52. The third kappa shape index (κ3) is 6.31. The summed E-state index contributed by atoms with van der Waals surface area (Å²) in [4.78, 5) is 14.4. The number of sulfone groups is 1. The van der Waals surface area contributed by atoms with Gasteiger partial charge in [-0.05, 0) is 39.1 Å². The van der Waals surface area contributed by atoms with E-state index >= 15 is 0 Å². The third-order valence-electron chi connectivity index (χ3n) is 4.01. The number of carbonyl (C=O) groups excluding carboxylic acids is 1. The molecule has 0 bridgehead atoms. The first-order chi connectivity index (χ1) is 10.8. The third-order valence-corrected chi connectivity index (χ3v) is 5.74. The molecule has 1 aromatic carbocycles. The zero-order valence-electron chi connectivity index (χ0n) is 14.5. The highest BCUT2D eigenvalue weighted by Crippen LogP contribution is 2.13. The smallest absolute Gasteiger partial charge is 0.221 e. The highest BCUT2D eigenvalue weighted by molar-refractivity contribution is 7.91. The van der Waals surface area contributed by atoms with E-state index in [4.69, 9.17) is 0 Å². The fourth-order valence-electron chi connectivity index (χ4n) is 2.42. The van der Waals surface area contributed by atoms with Crippen molar-refractivity contribution in [1.82, 2.24) is 10.2 Å². The Hall–Kier alpha value is -1.40. The summed E-state index contributed by atoms with van der Waals surface area (Å²) in [6, 6.07) is 6.94. The van der Waals surface area contributed by atoms with Gasteiger partial charge in [-0.25, -0.2) is 8.42 Å². The lowest BCUT2D eigenvalue weighted by atomic mass is 10.2. The monoisotopic (exact) mass is 340 g/mol. The van der Waals surface area contributed by atoms with Crippen LogP contribution in [0.3, 0.4) is 0 Å². The molecular weight excluding hydrogens is 312 g/mol. The molecule has 0 aliphatic carbocycles. The van der Waals surface area contributed by atoms with Gasteiger partial charge in [0.1, 0.15) is 0 Å². The molecule has 0 aliphatic rings. The second kappa shape index (κ2) is 9.03. The molecule has 0 spiro atoms. The summed E-state index contributed by atoms with van der Waals surface area (Å²) in [6.07, 6.45) is -0.0127. The molecule has 0 radical (unpaired) electrons. The molecule has 1 atom stereocenters. The Morgan fingerprint density at radius 3 is 2.26 bits per heavy atom. The van der Waals surface area contributed by atoms with Gasteiger partial charge in [0.25, 0.3) is 0 Å². The van der Waals surface area contributed by atoms with E-state index in [9.17, 15) is 13.2 Å². The predicted octanol–water partition coefficient (Wildman–Crippen LogP) is 2.01. The number of nitrogens with zero attached hydrogens (tertiary/aromatic N) is 1. The van der Waals surface area contributed by atoms with Gasteiger partial charge in [-0.15, -0.1) is 0 Å². The van der Waals surface area contributed by atoms with Crippen LogP contribution in [0.25, 0.3) is 0 Å². The molecule has 0 saturated carbocycles. The number of aryl methyl sites for hydroxylation is 1. The SMILES string of the molecule is CCN(CC)C(C)CNC(=O)CCS(=O)(=O)c1ccc(C)cc1. The molecule has 23 heavy (non-hydrogen) atoms. The second-order valence-electron chi connectivity index (χ2n) is 5.76. The number of amides is 1. The quantitative estimate of drug-likeness (QED) is 0.747. The van der Waals surface area contributed by atoms with Crippen LogP contribution in [0.4, 0.5) is 0 Å². The van der Waals surface area contributed by atoms with Gasteiger partial charge in [-0.2, -0.15) is 0 Å². The van der Waals surface area contributed by atoms with Crippen LogP contribution in [-0.2, 0) is 14.6 Å². The lowest BCUT2D eigenvalue weighted by Crippen LogP contribution is -2.42. The summed E-state index contributed by atoms with van der Waals surface area (Å²) in [5, 5.41) is 2.82. The van der Waals surface area contributed by atoms with Crippen LogP contribution in [0, 0.1) is 6.92 Å². The fourth-order valence-corrected chi connectivity index (χ4v) is 3.66. The molecule has 0 heterocycles. The molecule has 0 aromatic heterocycles. The van der Waals surface area contributed by atoms with Gasteiger partial charge in [-0.3, -0.25) is 9.69 Å². The van der Waals surface area contributed by atoms with Crippen LogP contribution in [0.15, 0.2) is 29.2 Å². The van der Waals surface area contributed by atoms with E-state index in [2.05, 4.69) is 31.0 Å². The van der Waals surface area contributed by atoms with Gasteiger partial charge >= 0.3 is 0 Å². The van der Waals surface area contributed by atoms with Crippen LogP contribution in [0.5, 0.6) is 0 Å². The van der Waals surface area contributed by atoms with Crippen LogP contribution in [0.1, 0.15) is 32.8 Å². The lowest BCUT2D eigenvalue weighted by molar-refractivity contribution is -0.120. The van der Waals surface area contributed by atoms with Crippen molar-refractivity contribution in [2.24, 2.45) is 0 Å². The van der Waals surface area contributed by atoms with Crippen molar-refractivity contribution in [2.75, 3.05) is 25.4 Å². The molecule has 0 aliphatic heterocycles. The van der Waals surface area contributed by atoms with Crippen molar-refractivity contribution >= 4 is 15.7 Å². The molecule has 1 amide bonds. The van der Waals surface area contributed by atoms with Crippen LogP contribution < -0.4 is 5.32 Å². The highest BCUT2D eigenvalue weighted by Gasteiger charge is 2.17. The Morgan fingerprint density at radius 1 is 1.17 bits per heavy atom. The highest BCUT2D eigenvalue weighted by atomic mass is 32.2. The Bertz CT molecular complexity index is 593. The van der Waals surface area contributed by atoms with Crippen molar-refractivity contribution in [1.29, 1.82) is 0 Å². The number of rotatable bonds is 9. The maximum absolute atomic E-state index is 12.2. The van der Waals surface area contributed by atoms with E-state index < -0.39 is 9.84 Å². The number of carbonyl (C=O) groups is 1. The topological polar surface area (TPSA) is 66.5 Å². The van der Waals surface area contributed by atoms with Gasteiger partial charge in [0.15, 0.2) is 9.84 Å². The minimum atomic E-state index is -3.41. The Balaban J connectivity index is 2.48. The molecule has 6 heteroatoms. The first-order valence-electron chi connectivity index (χ1n) is 8.10. The minimum absolute atomic E-state index is 0.0127. The Morgan fingerprint density at radius 2 is 1.74 bits per heavy atom. The molecule has 5 nitrogen and oxygen atoms in total. The average molecular weight is 340 g/mol. The lowest BCUT2D eigenvalue weighted by Gasteiger charge is -2.26. The standard InChI is InChI=1S/C17H28N2O3S/c1-5-19(6-2)15(4)13-18-17(20)11-12-23(21,22)16-9-7-14(3)8-10-16/h7-10,15H,5-6,11-13H2,1-4H3,(H,18,20). The van der Waals surface area contributed by atoms with Crippen molar-refractivity contribution in [3.63, 3.8) is 0 Å². The molecule has 0 fully saturated rings. The van der Waals surface area contributed by atoms with Crippen LogP contribution >= 0.6 is 0 Å². The number of hydrogen-bond donors (Lipinski definition) is 1. The van der Waals surface area contributed by atoms with Crippen LogP contribution in [0.2, 0.25) is 0 Å². The van der Waals surface area contributed by atoms with E-state index in [-0.39, 0.29) is 29.0 Å². The van der Waals surface area contributed by atoms with Gasteiger partial charge in [-0.1, -0.05) is 31.5 Å². The summed E-state index contributed by atoms with van der Waals surface area (Å²) < 4.78 is 24.4. The van der Waals surface area contributed by atoms with Crippen molar-refractivity contribution in [2.45, 2.75) is 45.1 Å². The van der Waals surface area contributed by atoms with E-state index in [1.807, 2.05) is 6.92 Å². The number of likely N-dealkylation sites (N-methyl/N-ethyl adjacent to an activating group) is 1. The molecular formula is C17H28N2O3S. The summed E-state index contributed by atoms with van der Waals surface area (Å²) in [5.41, 5.74) is 1.01. The van der Waals surface area contributed by atoms with Gasteiger partial charge in [0.2, 0.25) is 5.91 Å². The molecule has 130 valence electrons. The van der Waals surface area contributed by atoms with Gasteiger partial charge in [0.05, 0.1) is 10.6 Å². The summed E-state index contributed by atoms with van der Waals surface area (Å²) in [7, 11) is -3.41. The molecule has 1 aromatic rings. The first kappa shape index (κ1) is 19.6. The number of benzene rings is 1. The molecule has 1 unspecified atom stereocenters. The maximum Gasteiger partial charge on any atom is 0.221 e. The number of hydrogen-bond acceptors (Lipinski definition) is 4. The maximum atomic E-state index is 12.2. The van der Waals surface area contributed by atoms with Crippen molar-refractivity contribution in [3.05, 3.63) is 29.8 Å². The first-order valence-corrected chi connectivity index (χ1v) is 9.75. The van der Waals surface area contributed by atoms with Gasteiger partial charge < -0.3 is 5.32 Å². The second-order valence-corrected chi connectivity index (χ2v) is 7.87. The molecule has 0 saturated heterocycles. The zero-order valence-corrected chi connectivity index (χ0v) is 15.3. The zero-order chi connectivity index (χ0) is 17.5. The normalized spacial score (nSPS) is 13.1. The summed E-state index contributed by atoms with van der Waals surface area (Å²) >= 11 is 0. The van der Waals surface area contributed by atoms with Gasteiger partial charge in [0, 0.05) is 19.0 Å².